The highest BCUT2D eigenvalue weighted by Gasteiger charge is 2.40. The molecule has 36 heavy (non-hydrogen) atoms. The lowest BCUT2D eigenvalue weighted by atomic mass is 9.89. The maximum absolute atomic E-state index is 15.6. The maximum Gasteiger partial charge on any atom is 0.329 e. The summed E-state index contributed by atoms with van der Waals surface area (Å²) in [5.41, 5.74) is 1.57. The Morgan fingerprint density at radius 3 is 2.42 bits per heavy atom. The van der Waals surface area contributed by atoms with Gasteiger partial charge in [0.15, 0.2) is 11.6 Å². The van der Waals surface area contributed by atoms with Crippen LogP contribution in [0.2, 0.25) is 0 Å². The van der Waals surface area contributed by atoms with Crippen molar-refractivity contribution >= 4 is 11.7 Å². The topological polar surface area (TPSA) is 86.3 Å². The van der Waals surface area contributed by atoms with E-state index in [0.29, 0.717) is 65.5 Å². The van der Waals surface area contributed by atoms with Crippen LogP contribution in [-0.4, -0.2) is 44.0 Å². The molecule has 3 aromatic carbocycles. The predicted octanol–water partition coefficient (Wildman–Crippen LogP) is 5.44. The van der Waals surface area contributed by atoms with E-state index >= 15 is 4.39 Å². The smallest absolute Gasteiger partial charge is 0.329 e. The van der Waals surface area contributed by atoms with Gasteiger partial charge in [0.25, 0.3) is 0 Å². The van der Waals surface area contributed by atoms with Crippen molar-refractivity contribution in [3.05, 3.63) is 71.5 Å². The quantitative estimate of drug-likeness (QED) is 0.409. The van der Waals surface area contributed by atoms with E-state index in [1.54, 1.807) is 31.2 Å². The number of nitrogens with one attached hydrogen (secondary N) is 1. The van der Waals surface area contributed by atoms with Crippen molar-refractivity contribution in [2.24, 2.45) is 0 Å². The highest BCUT2D eigenvalue weighted by atomic mass is 19.1. The molecule has 7 nitrogen and oxygen atoms in total. The van der Waals surface area contributed by atoms with Gasteiger partial charge in [0.1, 0.15) is 23.6 Å². The van der Waals surface area contributed by atoms with Crippen LogP contribution >= 0.6 is 0 Å². The monoisotopic (exact) mass is 495 g/mol. The maximum atomic E-state index is 15.6. The molecule has 1 heterocycles. The summed E-state index contributed by atoms with van der Waals surface area (Å²) < 4.78 is 37.8. The van der Waals surface area contributed by atoms with Gasteiger partial charge in [0, 0.05) is 42.9 Å². The number of hydrogen-bond acceptors (Lipinski definition) is 6. The second kappa shape index (κ2) is 10.9. The van der Waals surface area contributed by atoms with Crippen molar-refractivity contribution in [1.29, 1.82) is 0 Å². The molecule has 1 fully saturated rings. The van der Waals surface area contributed by atoms with Crippen molar-refractivity contribution in [3.63, 3.8) is 0 Å². The third-order valence-electron chi connectivity index (χ3n) is 6.52. The highest BCUT2D eigenvalue weighted by Crippen LogP contribution is 2.40. The summed E-state index contributed by atoms with van der Waals surface area (Å²) >= 11 is 0. The molecule has 2 N–H and O–H groups in total. The molecule has 0 aliphatic carbocycles. The van der Waals surface area contributed by atoms with E-state index in [-0.39, 0.29) is 12.4 Å². The van der Waals surface area contributed by atoms with Gasteiger partial charge in [-0.05, 0) is 48.4 Å². The van der Waals surface area contributed by atoms with E-state index in [0.717, 1.165) is 0 Å². The number of carbonyl (C=O) groups is 1. The second-order valence-corrected chi connectivity index (χ2v) is 8.70. The normalized spacial score (nSPS) is 14.7. The zero-order valence-corrected chi connectivity index (χ0v) is 20.6. The zero-order valence-electron chi connectivity index (χ0n) is 20.6. The molecule has 0 amide bonds. The molecule has 0 saturated carbocycles. The first-order valence-electron chi connectivity index (χ1n) is 11.7. The van der Waals surface area contributed by atoms with Crippen LogP contribution in [0.5, 0.6) is 17.2 Å². The summed E-state index contributed by atoms with van der Waals surface area (Å²) in [6.07, 6.45) is 0.668. The highest BCUT2D eigenvalue weighted by molar-refractivity contribution is 5.83. The fourth-order valence-electron chi connectivity index (χ4n) is 4.47. The van der Waals surface area contributed by atoms with Gasteiger partial charge in [-0.3, -0.25) is 0 Å². The van der Waals surface area contributed by atoms with Crippen molar-refractivity contribution in [1.82, 2.24) is 0 Å². The number of methoxy groups -OCH3 is 2. The Labute approximate surface area is 209 Å². The molecule has 0 bridgehead atoms. The average Bonchev–Trinajstić information content (AvgIpc) is 2.89. The standard InChI is InChI=1S/C28H30FNO6/c1-18-24(33-2)16-23(25(29)26(18)34-3)22-10-9-20(30-28(27(31)32)11-13-35-14-12-28)15-19(22)17-36-21-7-5-4-6-8-21/h4-10,15-16,30H,11-14,17H2,1-3H3,(H,31,32). The lowest BCUT2D eigenvalue weighted by Crippen LogP contribution is -2.50. The van der Waals surface area contributed by atoms with Crippen molar-refractivity contribution in [2.45, 2.75) is 31.9 Å². The molecule has 4 rings (SSSR count). The molecule has 0 unspecified atom stereocenters. The molecule has 190 valence electrons. The third kappa shape index (κ3) is 5.09. The van der Waals surface area contributed by atoms with E-state index < -0.39 is 17.3 Å². The molecular formula is C28H30FNO6. The third-order valence-corrected chi connectivity index (χ3v) is 6.52. The summed E-state index contributed by atoms with van der Waals surface area (Å²) in [7, 11) is 2.94. The van der Waals surface area contributed by atoms with Gasteiger partial charge >= 0.3 is 5.97 Å². The molecule has 3 aromatic rings. The Morgan fingerprint density at radius 1 is 1.06 bits per heavy atom. The molecule has 1 aliphatic rings. The summed E-state index contributed by atoms with van der Waals surface area (Å²) in [6.45, 7) is 2.58. The van der Waals surface area contributed by atoms with E-state index in [1.165, 1.54) is 14.2 Å². The lowest BCUT2D eigenvalue weighted by molar-refractivity contribution is -0.145. The summed E-state index contributed by atoms with van der Waals surface area (Å²) in [5.74, 6) is -0.186. The first-order valence-corrected chi connectivity index (χ1v) is 11.7. The van der Waals surface area contributed by atoms with Crippen molar-refractivity contribution < 1.29 is 33.2 Å². The second-order valence-electron chi connectivity index (χ2n) is 8.70. The SMILES string of the molecule is COc1cc(-c2ccc(NC3(C(=O)O)CCOCC3)cc2COc2ccccc2)c(F)c(OC)c1C. The van der Waals surface area contributed by atoms with Crippen LogP contribution in [0, 0.1) is 12.7 Å². The van der Waals surface area contributed by atoms with Gasteiger partial charge in [0.2, 0.25) is 0 Å². The van der Waals surface area contributed by atoms with Crippen LogP contribution in [0.25, 0.3) is 11.1 Å². The number of carboxylic acids is 1. The number of halogens is 1. The molecule has 8 heteroatoms. The van der Waals surface area contributed by atoms with Gasteiger partial charge in [0.05, 0.1) is 14.2 Å². The number of rotatable bonds is 9. The van der Waals surface area contributed by atoms with Crippen LogP contribution in [0.1, 0.15) is 24.0 Å². The van der Waals surface area contributed by atoms with Crippen LogP contribution in [0.3, 0.4) is 0 Å². The number of benzene rings is 3. The van der Waals surface area contributed by atoms with Crippen molar-refractivity contribution in [3.8, 4) is 28.4 Å². The number of aliphatic carboxylic acids is 1. The molecule has 1 saturated heterocycles. The largest absolute Gasteiger partial charge is 0.496 e. The molecular weight excluding hydrogens is 465 g/mol. The van der Waals surface area contributed by atoms with E-state index in [4.69, 9.17) is 18.9 Å². The Bertz CT molecular complexity index is 1220. The minimum atomic E-state index is -1.14. The number of para-hydroxylation sites is 1. The fraction of sp³-hybridized carbons (Fsp3) is 0.321. The van der Waals surface area contributed by atoms with Crippen LogP contribution < -0.4 is 19.5 Å². The van der Waals surface area contributed by atoms with Crippen LogP contribution in [0.15, 0.2) is 54.6 Å². The zero-order chi connectivity index (χ0) is 25.7. The molecule has 0 aromatic heterocycles. The number of ether oxygens (including phenoxy) is 4. The minimum absolute atomic E-state index is 0.105. The number of hydrogen-bond donors (Lipinski definition) is 2. The van der Waals surface area contributed by atoms with Crippen molar-refractivity contribution in [2.75, 3.05) is 32.8 Å². The van der Waals surface area contributed by atoms with E-state index in [1.807, 2.05) is 30.3 Å². The first-order chi connectivity index (χ1) is 17.4. The van der Waals surface area contributed by atoms with E-state index in [2.05, 4.69) is 5.32 Å². The summed E-state index contributed by atoms with van der Waals surface area (Å²) in [5, 5.41) is 13.2. The van der Waals surface area contributed by atoms with Gasteiger partial charge in [-0.15, -0.1) is 0 Å². The van der Waals surface area contributed by atoms with E-state index in [9.17, 15) is 9.90 Å². The molecule has 1 aliphatic heterocycles. The Balaban J connectivity index is 1.78. The fourth-order valence-corrected chi connectivity index (χ4v) is 4.47. The number of carboxylic acid groups (broad SMARTS) is 1. The van der Waals surface area contributed by atoms with Gasteiger partial charge < -0.3 is 29.4 Å². The minimum Gasteiger partial charge on any atom is -0.496 e. The summed E-state index contributed by atoms with van der Waals surface area (Å²) in [6, 6.07) is 16.2. The Hall–Kier alpha value is -3.78. The molecule has 0 atom stereocenters. The van der Waals surface area contributed by atoms with Crippen LogP contribution in [-0.2, 0) is 16.1 Å². The lowest BCUT2D eigenvalue weighted by Gasteiger charge is -2.35. The summed E-state index contributed by atoms with van der Waals surface area (Å²) in [4.78, 5) is 12.2. The van der Waals surface area contributed by atoms with Gasteiger partial charge in [-0.1, -0.05) is 24.3 Å². The molecule has 0 radical (unpaired) electrons. The van der Waals surface area contributed by atoms with Gasteiger partial charge in [-0.2, -0.15) is 0 Å². The Morgan fingerprint density at radius 2 is 1.78 bits per heavy atom. The average molecular weight is 496 g/mol. The van der Waals surface area contributed by atoms with Crippen LogP contribution in [0.4, 0.5) is 10.1 Å². The predicted molar refractivity (Wildman–Crippen MR) is 134 cm³/mol. The Kier molecular flexibility index (Phi) is 7.64. The number of anilines is 1. The first kappa shape index (κ1) is 25.3. The molecule has 0 spiro atoms. The van der Waals surface area contributed by atoms with Gasteiger partial charge in [-0.25, -0.2) is 9.18 Å².